The van der Waals surface area contributed by atoms with Gasteiger partial charge in [0.1, 0.15) is 0 Å². The maximum Gasteiger partial charge on any atom is 0.407 e. The van der Waals surface area contributed by atoms with Crippen LogP contribution in [-0.4, -0.2) is 60.9 Å². The smallest absolute Gasteiger partial charge is 0.407 e. The number of carbonyl (C=O) groups excluding carboxylic acids is 1. The Balaban J connectivity index is 2.07. The van der Waals surface area contributed by atoms with Crippen molar-refractivity contribution in [3.63, 3.8) is 0 Å². The van der Waals surface area contributed by atoms with Crippen LogP contribution in [0.4, 0.5) is 10.5 Å². The van der Waals surface area contributed by atoms with Crippen LogP contribution < -0.4 is 5.32 Å². The zero-order valence-electron chi connectivity index (χ0n) is 12.6. The summed E-state index contributed by atoms with van der Waals surface area (Å²) in [5.41, 5.74) is 1.51. The summed E-state index contributed by atoms with van der Waals surface area (Å²) in [5, 5.41) is 11.4. The third-order valence-electron chi connectivity index (χ3n) is 3.48. The van der Waals surface area contributed by atoms with Crippen molar-refractivity contribution in [2.75, 3.05) is 31.5 Å². The number of carboxylic acid groups (broad SMARTS) is 1. The molecule has 130 valence electrons. The van der Waals surface area contributed by atoms with E-state index < -0.39 is 22.0 Å². The lowest BCUT2D eigenvalue weighted by Crippen LogP contribution is -2.50. The Bertz CT molecular complexity index is 740. The van der Waals surface area contributed by atoms with Crippen LogP contribution in [0, 0.1) is 0 Å². The highest BCUT2D eigenvalue weighted by Gasteiger charge is 2.29. The van der Waals surface area contributed by atoms with Gasteiger partial charge in [-0.05, 0) is 24.3 Å². The van der Waals surface area contributed by atoms with Crippen molar-refractivity contribution >= 4 is 39.3 Å². The molecule has 0 atom stereocenters. The minimum Gasteiger partial charge on any atom is -0.465 e. The van der Waals surface area contributed by atoms with Crippen LogP contribution in [-0.2, 0) is 14.8 Å². The summed E-state index contributed by atoms with van der Waals surface area (Å²) in [6.07, 6.45) is 0.0758. The third kappa shape index (κ3) is 4.25. The maximum absolute atomic E-state index is 12.5. The molecule has 1 aliphatic heterocycles. The molecule has 8 nitrogen and oxygen atoms in total. The van der Waals surface area contributed by atoms with Crippen molar-refractivity contribution in [3.8, 4) is 0 Å². The van der Waals surface area contributed by atoms with Crippen LogP contribution in [0.1, 0.15) is 0 Å². The summed E-state index contributed by atoms with van der Waals surface area (Å²) in [4.78, 5) is 23.5. The molecule has 0 spiro atoms. The summed E-state index contributed by atoms with van der Waals surface area (Å²) >= 11 is 5.30. The van der Waals surface area contributed by atoms with E-state index in [-0.39, 0.29) is 31.1 Å². The molecule has 0 bridgehead atoms. The fourth-order valence-electron chi connectivity index (χ4n) is 2.22. The van der Waals surface area contributed by atoms with E-state index in [4.69, 9.17) is 16.7 Å². The van der Waals surface area contributed by atoms with Gasteiger partial charge in [-0.3, -0.25) is 4.79 Å². The van der Waals surface area contributed by atoms with Crippen molar-refractivity contribution in [2.24, 2.45) is 0 Å². The number of hydrogen-bond donors (Lipinski definition) is 2. The number of nitrogens with one attached hydrogen (secondary N) is 1. The monoisotopic (exact) mass is 373 g/mol. The number of sulfonamides is 1. The third-order valence-corrected chi connectivity index (χ3v) is 5.52. The van der Waals surface area contributed by atoms with Gasteiger partial charge in [0.15, 0.2) is 0 Å². The molecule has 1 aromatic carbocycles. The fraction of sp³-hybridized carbons (Fsp3) is 0.286. The molecule has 2 rings (SSSR count). The van der Waals surface area contributed by atoms with E-state index in [0.29, 0.717) is 5.69 Å². The van der Waals surface area contributed by atoms with Crippen molar-refractivity contribution in [3.05, 3.63) is 35.9 Å². The Morgan fingerprint density at radius 1 is 1.12 bits per heavy atom. The summed E-state index contributed by atoms with van der Waals surface area (Å²) in [6, 6.07) is 5.72. The Morgan fingerprint density at radius 2 is 1.71 bits per heavy atom. The number of rotatable bonds is 4. The van der Waals surface area contributed by atoms with Gasteiger partial charge in [-0.2, -0.15) is 4.31 Å². The van der Waals surface area contributed by atoms with Crippen LogP contribution in [0.15, 0.2) is 40.8 Å². The molecule has 1 aromatic rings. The van der Waals surface area contributed by atoms with Gasteiger partial charge in [0, 0.05) is 43.5 Å². The Labute approximate surface area is 144 Å². The van der Waals surface area contributed by atoms with Crippen LogP contribution in [0.25, 0.3) is 0 Å². The number of halogens is 1. The average Bonchev–Trinajstić information content (AvgIpc) is 2.55. The van der Waals surface area contributed by atoms with Crippen molar-refractivity contribution in [1.29, 1.82) is 0 Å². The van der Waals surface area contributed by atoms with Crippen LogP contribution in [0.2, 0.25) is 0 Å². The fourth-order valence-corrected chi connectivity index (χ4v) is 3.76. The lowest BCUT2D eigenvalue weighted by molar-refractivity contribution is -0.111. The van der Waals surface area contributed by atoms with Crippen molar-refractivity contribution in [2.45, 2.75) is 4.90 Å². The molecule has 24 heavy (non-hydrogen) atoms. The Morgan fingerprint density at radius 3 is 2.21 bits per heavy atom. The molecule has 1 saturated heterocycles. The molecule has 0 saturated carbocycles. The Hall–Kier alpha value is -2.10. The SMILES string of the molecule is O=C(C=CCl)Nc1ccc(S(=O)(=O)N2CCN(C(=O)O)CC2)cc1. The van der Waals surface area contributed by atoms with Crippen LogP contribution in [0.3, 0.4) is 0 Å². The first kappa shape index (κ1) is 18.2. The topological polar surface area (TPSA) is 107 Å². The number of nitrogens with zero attached hydrogens (tertiary/aromatic N) is 2. The molecule has 1 heterocycles. The highest BCUT2D eigenvalue weighted by atomic mass is 35.5. The predicted octanol–water partition coefficient (Wildman–Crippen LogP) is 1.36. The lowest BCUT2D eigenvalue weighted by atomic mass is 10.3. The number of carbonyl (C=O) groups is 2. The van der Waals surface area contributed by atoms with Crippen molar-refractivity contribution in [1.82, 2.24) is 9.21 Å². The van der Waals surface area contributed by atoms with Gasteiger partial charge in [-0.15, -0.1) is 0 Å². The van der Waals surface area contributed by atoms with E-state index in [9.17, 15) is 18.0 Å². The maximum atomic E-state index is 12.5. The van der Waals surface area contributed by atoms with Gasteiger partial charge >= 0.3 is 6.09 Å². The molecular weight excluding hydrogens is 358 g/mol. The summed E-state index contributed by atoms with van der Waals surface area (Å²) in [7, 11) is -3.70. The first-order valence-electron chi connectivity index (χ1n) is 7.00. The molecule has 0 aliphatic carbocycles. The van der Waals surface area contributed by atoms with Crippen LogP contribution >= 0.6 is 11.6 Å². The molecule has 2 amide bonds. The minimum absolute atomic E-state index is 0.0807. The largest absolute Gasteiger partial charge is 0.465 e. The average molecular weight is 374 g/mol. The van der Waals surface area contributed by atoms with Gasteiger partial charge in [0.2, 0.25) is 15.9 Å². The van der Waals surface area contributed by atoms with E-state index in [1.165, 1.54) is 33.5 Å². The molecule has 0 radical (unpaired) electrons. The minimum atomic E-state index is -3.70. The standard InChI is InChI=1S/C14H16ClN3O5S/c15-6-5-13(19)16-11-1-3-12(4-2-11)24(22,23)18-9-7-17(8-10-18)14(20)21/h1-6H,7-10H2,(H,16,19)(H,20,21). The number of piperazine rings is 1. The molecular formula is C14H16ClN3O5S. The summed E-state index contributed by atoms with van der Waals surface area (Å²) in [5.74, 6) is -0.426. The molecule has 1 aliphatic rings. The number of benzene rings is 1. The zero-order valence-corrected chi connectivity index (χ0v) is 14.1. The quantitative estimate of drug-likeness (QED) is 0.775. The molecule has 0 unspecified atom stereocenters. The normalized spacial score (nSPS) is 16.3. The van der Waals surface area contributed by atoms with Crippen LogP contribution in [0.5, 0.6) is 0 Å². The second-order valence-electron chi connectivity index (χ2n) is 4.98. The van der Waals surface area contributed by atoms with E-state index in [1.807, 2.05) is 0 Å². The van der Waals surface area contributed by atoms with E-state index in [1.54, 1.807) is 0 Å². The van der Waals surface area contributed by atoms with E-state index >= 15 is 0 Å². The van der Waals surface area contributed by atoms with E-state index in [0.717, 1.165) is 11.6 Å². The number of hydrogen-bond acceptors (Lipinski definition) is 4. The Kier molecular flexibility index (Phi) is 5.81. The molecule has 10 heteroatoms. The zero-order chi connectivity index (χ0) is 17.7. The molecule has 2 N–H and O–H groups in total. The number of anilines is 1. The second kappa shape index (κ2) is 7.65. The van der Waals surface area contributed by atoms with Gasteiger partial charge in [0.25, 0.3) is 0 Å². The van der Waals surface area contributed by atoms with Gasteiger partial charge in [-0.1, -0.05) is 11.6 Å². The lowest BCUT2D eigenvalue weighted by Gasteiger charge is -2.32. The van der Waals surface area contributed by atoms with Gasteiger partial charge < -0.3 is 15.3 Å². The molecule has 1 fully saturated rings. The second-order valence-corrected chi connectivity index (χ2v) is 7.17. The highest BCUT2D eigenvalue weighted by molar-refractivity contribution is 7.89. The van der Waals surface area contributed by atoms with E-state index in [2.05, 4.69) is 5.32 Å². The van der Waals surface area contributed by atoms with Gasteiger partial charge in [0.05, 0.1) is 4.90 Å². The van der Waals surface area contributed by atoms with Crippen molar-refractivity contribution < 1.29 is 23.1 Å². The molecule has 0 aromatic heterocycles. The summed E-state index contributed by atoms with van der Waals surface area (Å²) < 4.78 is 26.3. The summed E-state index contributed by atoms with van der Waals surface area (Å²) in [6.45, 7) is 0.474. The van der Waals surface area contributed by atoms with Gasteiger partial charge in [-0.25, -0.2) is 13.2 Å². The first-order chi connectivity index (χ1) is 11.3. The predicted molar refractivity (Wildman–Crippen MR) is 88.4 cm³/mol. The first-order valence-corrected chi connectivity index (χ1v) is 8.88. The number of amides is 2. The highest BCUT2D eigenvalue weighted by Crippen LogP contribution is 2.20.